The number of rotatable bonds is 4. The molecule has 2 aliphatic rings. The fourth-order valence-corrected chi connectivity index (χ4v) is 3.32. The smallest absolute Gasteiger partial charge is 0.251 e. The predicted molar refractivity (Wildman–Crippen MR) is 97.8 cm³/mol. The summed E-state index contributed by atoms with van der Waals surface area (Å²) in [4.78, 5) is 25.9. The van der Waals surface area contributed by atoms with Crippen LogP contribution in [0.5, 0.6) is 0 Å². The first kappa shape index (κ1) is 18.7. The maximum atomic E-state index is 12.3. The van der Waals surface area contributed by atoms with Gasteiger partial charge in [0.25, 0.3) is 5.91 Å². The standard InChI is InChI=1S/C18H25N3O2.ClH/c1-18(8-10-19-11-9-18)13-20-17(23)14-4-6-15(7-5-14)21-12-2-3-16(21)22;/h4-7,19H,2-3,8-13H2,1H3,(H,20,23);1H. The van der Waals surface area contributed by atoms with Gasteiger partial charge < -0.3 is 15.5 Å². The molecular formula is C18H26ClN3O2. The summed E-state index contributed by atoms with van der Waals surface area (Å²) in [6.07, 6.45) is 3.71. The summed E-state index contributed by atoms with van der Waals surface area (Å²) in [7, 11) is 0. The van der Waals surface area contributed by atoms with Gasteiger partial charge in [0, 0.05) is 30.8 Å². The van der Waals surface area contributed by atoms with E-state index in [4.69, 9.17) is 0 Å². The summed E-state index contributed by atoms with van der Waals surface area (Å²) in [5.41, 5.74) is 1.72. The van der Waals surface area contributed by atoms with Crippen molar-refractivity contribution in [1.29, 1.82) is 0 Å². The fourth-order valence-electron chi connectivity index (χ4n) is 3.32. The van der Waals surface area contributed by atoms with Crippen LogP contribution in [0, 0.1) is 5.41 Å². The first-order valence-electron chi connectivity index (χ1n) is 8.47. The third-order valence-electron chi connectivity index (χ3n) is 5.00. The topological polar surface area (TPSA) is 61.4 Å². The molecule has 5 nitrogen and oxygen atoms in total. The van der Waals surface area contributed by atoms with E-state index in [0.717, 1.165) is 44.6 Å². The number of nitrogens with zero attached hydrogens (tertiary/aromatic N) is 1. The van der Waals surface area contributed by atoms with Gasteiger partial charge in [-0.25, -0.2) is 0 Å². The summed E-state index contributed by atoms with van der Waals surface area (Å²) in [6, 6.07) is 7.34. The molecule has 0 aromatic heterocycles. The molecular weight excluding hydrogens is 326 g/mol. The Morgan fingerprint density at radius 1 is 1.25 bits per heavy atom. The van der Waals surface area contributed by atoms with E-state index in [1.54, 1.807) is 17.0 Å². The molecule has 2 saturated heterocycles. The normalized spacial score (nSPS) is 19.7. The van der Waals surface area contributed by atoms with Crippen LogP contribution in [0.3, 0.4) is 0 Å². The van der Waals surface area contributed by atoms with Crippen LogP contribution in [0.25, 0.3) is 0 Å². The van der Waals surface area contributed by atoms with Crippen molar-refractivity contribution in [2.75, 3.05) is 31.1 Å². The molecule has 0 bridgehead atoms. The van der Waals surface area contributed by atoms with Crippen LogP contribution in [0.1, 0.15) is 43.0 Å². The van der Waals surface area contributed by atoms with Crippen LogP contribution in [0.4, 0.5) is 5.69 Å². The van der Waals surface area contributed by atoms with Crippen LogP contribution in [0.2, 0.25) is 0 Å². The summed E-state index contributed by atoms with van der Waals surface area (Å²) < 4.78 is 0. The Morgan fingerprint density at radius 3 is 2.50 bits per heavy atom. The van der Waals surface area contributed by atoms with Gasteiger partial charge in [0.05, 0.1) is 0 Å². The highest BCUT2D eigenvalue weighted by Crippen LogP contribution is 2.27. The van der Waals surface area contributed by atoms with Gasteiger partial charge in [-0.05, 0) is 62.0 Å². The molecule has 3 rings (SSSR count). The van der Waals surface area contributed by atoms with Gasteiger partial charge in [0.15, 0.2) is 0 Å². The maximum Gasteiger partial charge on any atom is 0.251 e. The van der Waals surface area contributed by atoms with Crippen molar-refractivity contribution < 1.29 is 9.59 Å². The number of halogens is 1. The molecule has 6 heteroatoms. The highest BCUT2D eigenvalue weighted by atomic mass is 35.5. The number of nitrogens with one attached hydrogen (secondary N) is 2. The second-order valence-electron chi connectivity index (χ2n) is 6.94. The van der Waals surface area contributed by atoms with Crippen LogP contribution in [-0.2, 0) is 4.79 Å². The van der Waals surface area contributed by atoms with E-state index in [0.29, 0.717) is 18.5 Å². The number of benzene rings is 1. The third kappa shape index (κ3) is 4.28. The lowest BCUT2D eigenvalue weighted by molar-refractivity contribution is -0.117. The van der Waals surface area contributed by atoms with E-state index < -0.39 is 0 Å². The van der Waals surface area contributed by atoms with Crippen LogP contribution >= 0.6 is 12.4 Å². The molecule has 2 amide bonds. The molecule has 0 atom stereocenters. The Hall–Kier alpha value is -1.59. The average Bonchev–Trinajstić information content (AvgIpc) is 3.00. The number of amides is 2. The van der Waals surface area contributed by atoms with E-state index >= 15 is 0 Å². The molecule has 0 unspecified atom stereocenters. The molecule has 1 aromatic carbocycles. The largest absolute Gasteiger partial charge is 0.351 e. The van der Waals surface area contributed by atoms with Gasteiger partial charge in [-0.2, -0.15) is 0 Å². The van der Waals surface area contributed by atoms with E-state index in [1.165, 1.54) is 0 Å². The Morgan fingerprint density at radius 2 is 1.92 bits per heavy atom. The van der Waals surface area contributed by atoms with Crippen LogP contribution < -0.4 is 15.5 Å². The monoisotopic (exact) mass is 351 g/mol. The highest BCUT2D eigenvalue weighted by molar-refractivity contribution is 5.97. The molecule has 0 spiro atoms. The lowest BCUT2D eigenvalue weighted by atomic mass is 9.81. The lowest BCUT2D eigenvalue weighted by Gasteiger charge is -2.34. The fraction of sp³-hybridized carbons (Fsp3) is 0.556. The Labute approximate surface area is 149 Å². The maximum absolute atomic E-state index is 12.3. The van der Waals surface area contributed by atoms with Crippen molar-refractivity contribution >= 4 is 29.9 Å². The minimum Gasteiger partial charge on any atom is -0.351 e. The van der Waals surface area contributed by atoms with Crippen LogP contribution in [0.15, 0.2) is 24.3 Å². The summed E-state index contributed by atoms with van der Waals surface area (Å²) in [5.74, 6) is 0.130. The molecule has 0 radical (unpaired) electrons. The van der Waals surface area contributed by atoms with Crippen molar-refractivity contribution in [3.8, 4) is 0 Å². The third-order valence-corrected chi connectivity index (χ3v) is 5.00. The number of carbonyl (C=O) groups is 2. The van der Waals surface area contributed by atoms with E-state index in [1.807, 2.05) is 12.1 Å². The summed E-state index contributed by atoms with van der Waals surface area (Å²) in [5, 5.41) is 6.41. The molecule has 0 saturated carbocycles. The van der Waals surface area contributed by atoms with Gasteiger partial charge >= 0.3 is 0 Å². The van der Waals surface area contributed by atoms with Gasteiger partial charge in [0.2, 0.25) is 5.91 Å². The van der Waals surface area contributed by atoms with Gasteiger partial charge in [-0.1, -0.05) is 6.92 Å². The minimum atomic E-state index is -0.0379. The van der Waals surface area contributed by atoms with Crippen molar-refractivity contribution in [2.45, 2.75) is 32.6 Å². The average molecular weight is 352 g/mol. The summed E-state index contributed by atoms with van der Waals surface area (Å²) >= 11 is 0. The first-order chi connectivity index (χ1) is 11.1. The number of hydrogen-bond acceptors (Lipinski definition) is 3. The molecule has 2 aliphatic heterocycles. The molecule has 132 valence electrons. The van der Waals surface area contributed by atoms with Crippen molar-refractivity contribution in [3.63, 3.8) is 0 Å². The Balaban J connectivity index is 0.00000208. The predicted octanol–water partition coefficient (Wildman–Crippen LogP) is 2.35. The van der Waals surface area contributed by atoms with Crippen molar-refractivity contribution in [2.24, 2.45) is 5.41 Å². The van der Waals surface area contributed by atoms with Gasteiger partial charge in [0.1, 0.15) is 0 Å². The molecule has 0 aliphatic carbocycles. The second-order valence-corrected chi connectivity index (χ2v) is 6.94. The number of carbonyl (C=O) groups excluding carboxylic acids is 2. The molecule has 2 fully saturated rings. The van der Waals surface area contributed by atoms with E-state index in [2.05, 4.69) is 17.6 Å². The number of anilines is 1. The van der Waals surface area contributed by atoms with Crippen LogP contribution in [-0.4, -0.2) is 38.0 Å². The summed E-state index contributed by atoms with van der Waals surface area (Å²) in [6.45, 7) is 5.75. The zero-order chi connectivity index (χ0) is 16.3. The molecule has 2 heterocycles. The first-order valence-corrected chi connectivity index (χ1v) is 8.47. The number of hydrogen-bond donors (Lipinski definition) is 2. The SMILES string of the molecule is CC1(CNC(=O)c2ccc(N3CCCC3=O)cc2)CCNCC1.Cl. The zero-order valence-corrected chi connectivity index (χ0v) is 15.0. The molecule has 2 N–H and O–H groups in total. The minimum absolute atomic E-state index is 0. The number of piperidine rings is 1. The van der Waals surface area contributed by atoms with E-state index in [-0.39, 0.29) is 29.6 Å². The van der Waals surface area contributed by atoms with E-state index in [9.17, 15) is 9.59 Å². The van der Waals surface area contributed by atoms with Crippen molar-refractivity contribution in [1.82, 2.24) is 10.6 Å². The lowest BCUT2D eigenvalue weighted by Crippen LogP contribution is -2.42. The van der Waals surface area contributed by atoms with Gasteiger partial charge in [-0.3, -0.25) is 9.59 Å². The molecule has 1 aromatic rings. The second kappa shape index (κ2) is 7.99. The Kier molecular flexibility index (Phi) is 6.24. The zero-order valence-electron chi connectivity index (χ0n) is 14.1. The Bertz CT molecular complexity index is 582. The quantitative estimate of drug-likeness (QED) is 0.875. The van der Waals surface area contributed by atoms with Crippen molar-refractivity contribution in [3.05, 3.63) is 29.8 Å². The molecule has 24 heavy (non-hydrogen) atoms. The van der Waals surface area contributed by atoms with Gasteiger partial charge in [-0.15, -0.1) is 12.4 Å². The highest BCUT2D eigenvalue weighted by Gasteiger charge is 2.27.